The molecule has 0 aliphatic carbocycles. The third-order valence-electron chi connectivity index (χ3n) is 5.17. The first-order valence-corrected chi connectivity index (χ1v) is 9.02. The van der Waals surface area contributed by atoms with Gasteiger partial charge in [0.05, 0.1) is 13.7 Å². The first kappa shape index (κ1) is 22.2. The van der Waals surface area contributed by atoms with Crippen molar-refractivity contribution in [1.82, 2.24) is 15.1 Å². The minimum Gasteiger partial charge on any atom is -0.490 e. The van der Waals surface area contributed by atoms with Crippen LogP contribution in [0.3, 0.4) is 0 Å². The zero-order valence-electron chi connectivity index (χ0n) is 16.1. The Labute approximate surface area is 169 Å². The highest BCUT2D eigenvalue weighted by Crippen LogP contribution is 2.36. The van der Waals surface area contributed by atoms with E-state index in [0.717, 1.165) is 0 Å². The van der Waals surface area contributed by atoms with Gasteiger partial charge in [0.2, 0.25) is 11.2 Å². The first-order valence-electron chi connectivity index (χ1n) is 9.02. The zero-order valence-corrected chi connectivity index (χ0v) is 16.9. The number of carbonyl (C=O) groups is 2. The van der Waals surface area contributed by atoms with E-state index in [1.807, 2.05) is 0 Å². The second kappa shape index (κ2) is 9.40. The number of piperidine rings is 1. The van der Waals surface area contributed by atoms with Gasteiger partial charge in [-0.3, -0.25) is 14.5 Å². The Kier molecular flexibility index (Phi) is 7.45. The summed E-state index contributed by atoms with van der Waals surface area (Å²) in [6, 6.07) is 0.902. The lowest BCUT2D eigenvalue weighted by Crippen LogP contribution is -2.56. The van der Waals surface area contributed by atoms with Crippen molar-refractivity contribution in [2.75, 3.05) is 40.5 Å². The van der Waals surface area contributed by atoms with Crippen LogP contribution in [0.1, 0.15) is 25.0 Å². The molecule has 1 aromatic heterocycles. The van der Waals surface area contributed by atoms with Crippen LogP contribution in [0.5, 0.6) is 5.75 Å². The molecule has 1 aromatic rings. The van der Waals surface area contributed by atoms with Crippen LogP contribution in [0, 0.1) is 0 Å². The van der Waals surface area contributed by atoms with Gasteiger partial charge in [-0.05, 0) is 32.4 Å². The summed E-state index contributed by atoms with van der Waals surface area (Å²) in [5.41, 5.74) is -1.19. The largest absolute Gasteiger partial charge is 0.490 e. The van der Waals surface area contributed by atoms with E-state index in [-0.39, 0.29) is 47.8 Å². The molecule has 1 N–H and O–H groups in total. The molecule has 0 saturated carbocycles. The molecular weight excluding hydrogens is 390 g/mol. The third-order valence-corrected chi connectivity index (χ3v) is 5.17. The third kappa shape index (κ3) is 4.01. The van der Waals surface area contributed by atoms with Crippen LogP contribution < -0.4 is 15.5 Å². The van der Waals surface area contributed by atoms with E-state index in [2.05, 4.69) is 5.32 Å². The maximum absolute atomic E-state index is 13.2. The molecule has 10 heteroatoms. The maximum Gasteiger partial charge on any atom is 0.328 e. The quantitative estimate of drug-likeness (QED) is 0.523. The number of nitrogens with zero attached hydrogens (tertiary/aromatic N) is 2. The van der Waals surface area contributed by atoms with Crippen LogP contribution in [-0.2, 0) is 16.1 Å². The summed E-state index contributed by atoms with van der Waals surface area (Å²) in [6.07, 6.45) is 2.97. The summed E-state index contributed by atoms with van der Waals surface area (Å²) in [5, 5.41) is 3.24. The lowest BCUT2D eigenvalue weighted by Gasteiger charge is -2.38. The Hall–Kier alpha value is -2.10. The second-order valence-corrected chi connectivity index (χ2v) is 6.73. The summed E-state index contributed by atoms with van der Waals surface area (Å²) in [7, 11) is 2.98. The van der Waals surface area contributed by atoms with Crippen LogP contribution in [0.15, 0.2) is 21.5 Å². The van der Waals surface area contributed by atoms with Crippen LogP contribution in [0.2, 0.25) is 0 Å². The fourth-order valence-corrected chi connectivity index (χ4v) is 3.75. The molecule has 3 amide bonds. The molecule has 0 radical (unpaired) electrons. The van der Waals surface area contributed by atoms with E-state index in [4.69, 9.17) is 13.9 Å². The van der Waals surface area contributed by atoms with Gasteiger partial charge in [-0.1, -0.05) is 0 Å². The monoisotopic (exact) mass is 415 g/mol. The molecule has 156 valence electrons. The summed E-state index contributed by atoms with van der Waals surface area (Å²) >= 11 is 0. The molecule has 3 rings (SSSR count). The number of hydrogen-bond acceptors (Lipinski definition) is 7. The molecule has 2 aliphatic rings. The van der Waals surface area contributed by atoms with E-state index in [9.17, 15) is 14.4 Å². The van der Waals surface area contributed by atoms with E-state index in [0.29, 0.717) is 45.5 Å². The Bertz CT molecular complexity index is 762. The van der Waals surface area contributed by atoms with Crippen molar-refractivity contribution in [3.63, 3.8) is 0 Å². The van der Waals surface area contributed by atoms with Crippen LogP contribution in [0.25, 0.3) is 0 Å². The van der Waals surface area contributed by atoms with Crippen molar-refractivity contribution in [2.24, 2.45) is 0 Å². The average Bonchev–Trinajstić information content (AvgIpc) is 2.85. The highest BCUT2D eigenvalue weighted by molar-refractivity contribution is 6.07. The molecule has 2 saturated heterocycles. The van der Waals surface area contributed by atoms with Gasteiger partial charge in [-0.2, -0.15) is 0 Å². The van der Waals surface area contributed by atoms with E-state index in [1.54, 1.807) is 12.0 Å². The SMILES string of the molecule is COCCCN1C(=O)N(Cc2cc(=O)c(OC)co2)C(=O)C12CCNCC2.Cl. The molecule has 2 aliphatic heterocycles. The fourth-order valence-electron chi connectivity index (χ4n) is 3.75. The Morgan fingerprint density at radius 2 is 1.93 bits per heavy atom. The first-order chi connectivity index (χ1) is 13.0. The minimum absolute atomic E-state index is 0. The minimum atomic E-state index is -0.831. The van der Waals surface area contributed by atoms with Gasteiger partial charge in [-0.25, -0.2) is 4.79 Å². The highest BCUT2D eigenvalue weighted by Gasteiger charge is 2.57. The lowest BCUT2D eigenvalue weighted by molar-refractivity contribution is -0.135. The van der Waals surface area contributed by atoms with Gasteiger partial charge in [0, 0.05) is 26.3 Å². The predicted molar refractivity (Wildman–Crippen MR) is 103 cm³/mol. The molecule has 9 nitrogen and oxygen atoms in total. The molecule has 0 unspecified atom stereocenters. The van der Waals surface area contributed by atoms with Crippen molar-refractivity contribution in [3.05, 3.63) is 28.3 Å². The van der Waals surface area contributed by atoms with Crippen molar-refractivity contribution in [1.29, 1.82) is 0 Å². The van der Waals surface area contributed by atoms with Crippen LogP contribution in [-0.4, -0.2) is 67.7 Å². The van der Waals surface area contributed by atoms with Gasteiger partial charge in [0.25, 0.3) is 5.91 Å². The molecule has 28 heavy (non-hydrogen) atoms. The van der Waals surface area contributed by atoms with Gasteiger partial charge in [-0.15, -0.1) is 12.4 Å². The van der Waals surface area contributed by atoms with Crippen LogP contribution in [0.4, 0.5) is 4.79 Å². The number of amides is 3. The summed E-state index contributed by atoms with van der Waals surface area (Å²) < 4.78 is 15.4. The smallest absolute Gasteiger partial charge is 0.328 e. The van der Waals surface area contributed by atoms with Gasteiger partial charge >= 0.3 is 6.03 Å². The normalized spacial score (nSPS) is 18.5. The lowest BCUT2D eigenvalue weighted by atomic mass is 9.86. The number of nitrogens with one attached hydrogen (secondary N) is 1. The maximum atomic E-state index is 13.2. The van der Waals surface area contributed by atoms with E-state index < -0.39 is 5.54 Å². The van der Waals surface area contributed by atoms with E-state index >= 15 is 0 Å². The number of imide groups is 1. The van der Waals surface area contributed by atoms with Crippen molar-refractivity contribution in [3.8, 4) is 5.75 Å². The molecule has 2 fully saturated rings. The summed E-state index contributed by atoms with van der Waals surface area (Å²) in [6.45, 7) is 2.23. The molecule has 0 aromatic carbocycles. The number of methoxy groups -OCH3 is 2. The molecule has 3 heterocycles. The molecule has 0 atom stereocenters. The predicted octanol–water partition coefficient (Wildman–Crippen LogP) is 0.993. The second-order valence-electron chi connectivity index (χ2n) is 6.73. The number of rotatable bonds is 7. The average molecular weight is 416 g/mol. The summed E-state index contributed by atoms with van der Waals surface area (Å²) in [5.74, 6) is 0.0871. The van der Waals surface area contributed by atoms with Crippen LogP contribution >= 0.6 is 12.4 Å². The number of hydrogen-bond donors (Lipinski definition) is 1. The van der Waals surface area contributed by atoms with Gasteiger partial charge in [0.1, 0.15) is 17.6 Å². The Balaban J connectivity index is 0.00000280. The Morgan fingerprint density at radius 3 is 2.54 bits per heavy atom. The molecular formula is C18H26ClN3O6. The molecule has 1 spiro atoms. The highest BCUT2D eigenvalue weighted by atomic mass is 35.5. The number of ether oxygens (including phenoxy) is 2. The summed E-state index contributed by atoms with van der Waals surface area (Å²) in [4.78, 5) is 41.0. The number of urea groups is 1. The van der Waals surface area contributed by atoms with Gasteiger partial charge in [0.15, 0.2) is 0 Å². The van der Waals surface area contributed by atoms with Crippen molar-refractivity contribution < 1.29 is 23.5 Å². The fraction of sp³-hybridized carbons (Fsp3) is 0.611. The number of halogens is 1. The van der Waals surface area contributed by atoms with E-state index in [1.165, 1.54) is 24.3 Å². The Morgan fingerprint density at radius 1 is 1.21 bits per heavy atom. The van der Waals surface area contributed by atoms with Gasteiger partial charge < -0.3 is 24.1 Å². The topological polar surface area (TPSA) is 101 Å². The zero-order chi connectivity index (χ0) is 19.4. The number of carbonyl (C=O) groups excluding carboxylic acids is 2. The van der Waals surface area contributed by atoms with Crippen molar-refractivity contribution >= 4 is 24.3 Å². The van der Waals surface area contributed by atoms with Crippen molar-refractivity contribution in [2.45, 2.75) is 31.3 Å². The standard InChI is InChI=1S/C18H25N3O6.ClH/c1-25-9-3-8-21-17(24)20(16(23)18(21)4-6-19-7-5-18)11-13-10-14(22)15(26-2)12-27-13;/h10,12,19H,3-9,11H2,1-2H3;1H. The molecule has 0 bridgehead atoms.